The maximum atomic E-state index is 13.1. The van der Waals surface area contributed by atoms with E-state index >= 15 is 0 Å². The van der Waals surface area contributed by atoms with Gasteiger partial charge in [0.25, 0.3) is 5.91 Å². The summed E-state index contributed by atoms with van der Waals surface area (Å²) in [5, 5.41) is 0.476. The molecule has 1 fully saturated rings. The highest BCUT2D eigenvalue weighted by Gasteiger charge is 2.50. The lowest BCUT2D eigenvalue weighted by Crippen LogP contribution is -2.44. The van der Waals surface area contributed by atoms with Gasteiger partial charge in [-0.3, -0.25) is 9.69 Å². The fourth-order valence-electron chi connectivity index (χ4n) is 3.47. The van der Waals surface area contributed by atoms with E-state index in [0.717, 1.165) is 22.7 Å². The number of carbonyl (C=O) groups is 1. The lowest BCUT2D eigenvalue weighted by Gasteiger charge is -2.29. The van der Waals surface area contributed by atoms with Crippen LogP contribution >= 0.6 is 12.2 Å². The van der Waals surface area contributed by atoms with Crippen molar-refractivity contribution in [3.63, 3.8) is 0 Å². The van der Waals surface area contributed by atoms with E-state index in [9.17, 15) is 4.79 Å². The summed E-state index contributed by atoms with van der Waals surface area (Å²) >= 11 is 5.70. The first-order valence-electron chi connectivity index (χ1n) is 9.49. The van der Waals surface area contributed by atoms with Crippen LogP contribution in [0.25, 0.3) is 0 Å². The molecule has 1 aliphatic heterocycles. The van der Waals surface area contributed by atoms with E-state index in [1.54, 1.807) is 4.90 Å². The second kappa shape index (κ2) is 7.68. The number of para-hydroxylation sites is 1. The van der Waals surface area contributed by atoms with Crippen LogP contribution in [0.5, 0.6) is 5.75 Å². The van der Waals surface area contributed by atoms with Gasteiger partial charge in [0, 0.05) is 5.69 Å². The van der Waals surface area contributed by atoms with Gasteiger partial charge in [-0.2, -0.15) is 0 Å². The minimum absolute atomic E-state index is 0.0434. The fourth-order valence-corrected chi connectivity index (χ4v) is 3.99. The number of benzene rings is 3. The van der Waals surface area contributed by atoms with Gasteiger partial charge in [-0.1, -0.05) is 48.5 Å². The second-order valence-corrected chi connectivity index (χ2v) is 7.79. The first-order chi connectivity index (χ1) is 14.0. The Balaban J connectivity index is 1.55. The number of amides is 1. The molecule has 1 saturated heterocycles. The summed E-state index contributed by atoms with van der Waals surface area (Å²) in [6, 6.07) is 27.2. The van der Waals surface area contributed by atoms with Gasteiger partial charge in [-0.25, -0.2) is 0 Å². The van der Waals surface area contributed by atoms with E-state index in [0.29, 0.717) is 11.7 Å². The third-order valence-electron chi connectivity index (χ3n) is 5.03. The summed E-state index contributed by atoms with van der Waals surface area (Å²) in [7, 11) is 0. The standard InChI is InChI=1S/C24H22N2O2S/c1-24(2)22(27)25(19-11-7-4-8-12-19)23(29)26(24)20-13-15-21(16-14-20)28-17-18-9-5-3-6-10-18/h3-16H,17H2,1-2H3. The van der Waals surface area contributed by atoms with Crippen molar-refractivity contribution in [3.8, 4) is 5.75 Å². The van der Waals surface area contributed by atoms with E-state index in [-0.39, 0.29) is 5.91 Å². The van der Waals surface area contributed by atoms with Gasteiger partial charge in [0.15, 0.2) is 5.11 Å². The van der Waals surface area contributed by atoms with Crippen molar-refractivity contribution >= 4 is 34.6 Å². The third-order valence-corrected chi connectivity index (χ3v) is 5.39. The van der Waals surface area contributed by atoms with E-state index in [1.807, 2.05) is 104 Å². The van der Waals surface area contributed by atoms with Crippen LogP contribution in [-0.4, -0.2) is 16.6 Å². The zero-order valence-electron chi connectivity index (χ0n) is 16.4. The molecule has 0 atom stereocenters. The molecule has 1 heterocycles. The monoisotopic (exact) mass is 402 g/mol. The summed E-state index contributed by atoms with van der Waals surface area (Å²) in [5.41, 5.74) is 1.97. The first kappa shape index (κ1) is 19.2. The van der Waals surface area contributed by atoms with Crippen molar-refractivity contribution in [1.82, 2.24) is 0 Å². The van der Waals surface area contributed by atoms with Crippen LogP contribution in [0.4, 0.5) is 11.4 Å². The number of anilines is 2. The molecular weight excluding hydrogens is 380 g/mol. The average Bonchev–Trinajstić information content (AvgIpc) is 2.92. The number of rotatable bonds is 5. The van der Waals surface area contributed by atoms with E-state index in [4.69, 9.17) is 17.0 Å². The van der Waals surface area contributed by atoms with Gasteiger partial charge in [0.2, 0.25) is 0 Å². The normalized spacial score (nSPS) is 15.7. The van der Waals surface area contributed by atoms with Crippen LogP contribution in [0.1, 0.15) is 19.4 Å². The average molecular weight is 403 g/mol. The summed E-state index contributed by atoms with van der Waals surface area (Å²) in [6.07, 6.45) is 0. The van der Waals surface area contributed by atoms with Crippen molar-refractivity contribution in [2.24, 2.45) is 0 Å². The molecule has 0 saturated carbocycles. The Morgan fingerprint density at radius 3 is 2.03 bits per heavy atom. The summed E-state index contributed by atoms with van der Waals surface area (Å²) in [4.78, 5) is 16.6. The van der Waals surface area contributed by atoms with Crippen molar-refractivity contribution in [2.45, 2.75) is 26.0 Å². The summed E-state index contributed by atoms with van der Waals surface area (Å²) in [5.74, 6) is 0.727. The maximum absolute atomic E-state index is 13.1. The van der Waals surface area contributed by atoms with Crippen LogP contribution in [0.2, 0.25) is 0 Å². The molecule has 0 aromatic heterocycles. The van der Waals surface area contributed by atoms with Crippen molar-refractivity contribution in [2.75, 3.05) is 9.80 Å². The van der Waals surface area contributed by atoms with Gasteiger partial charge >= 0.3 is 0 Å². The van der Waals surface area contributed by atoms with Crippen LogP contribution in [0, 0.1) is 0 Å². The Labute approximate surface area is 176 Å². The van der Waals surface area contributed by atoms with Crippen molar-refractivity contribution < 1.29 is 9.53 Å². The Kier molecular flexibility index (Phi) is 5.07. The highest BCUT2D eigenvalue weighted by molar-refractivity contribution is 7.81. The van der Waals surface area contributed by atoms with Crippen LogP contribution in [-0.2, 0) is 11.4 Å². The number of ether oxygens (including phenoxy) is 1. The van der Waals surface area contributed by atoms with Gasteiger partial charge in [0.05, 0.1) is 5.69 Å². The molecule has 1 amide bonds. The van der Waals surface area contributed by atoms with Gasteiger partial charge in [-0.05, 0) is 68.0 Å². The molecular formula is C24H22N2O2S. The van der Waals surface area contributed by atoms with E-state index in [2.05, 4.69) is 0 Å². The Hall–Kier alpha value is -3.18. The van der Waals surface area contributed by atoms with Gasteiger partial charge in [0.1, 0.15) is 17.9 Å². The van der Waals surface area contributed by atoms with Gasteiger partial charge < -0.3 is 9.64 Å². The lowest BCUT2D eigenvalue weighted by atomic mass is 10.0. The van der Waals surface area contributed by atoms with E-state index in [1.165, 1.54) is 0 Å². The van der Waals surface area contributed by atoms with Crippen molar-refractivity contribution in [1.29, 1.82) is 0 Å². The highest BCUT2D eigenvalue weighted by atomic mass is 32.1. The molecule has 3 aromatic rings. The lowest BCUT2D eigenvalue weighted by molar-refractivity contribution is -0.120. The second-order valence-electron chi connectivity index (χ2n) is 7.42. The number of thiocarbonyl (C=S) groups is 1. The fraction of sp³-hybridized carbons (Fsp3) is 0.167. The largest absolute Gasteiger partial charge is 0.489 e. The van der Waals surface area contributed by atoms with Crippen LogP contribution in [0.3, 0.4) is 0 Å². The molecule has 146 valence electrons. The van der Waals surface area contributed by atoms with Crippen molar-refractivity contribution in [3.05, 3.63) is 90.5 Å². The SMILES string of the molecule is CC1(C)C(=O)N(c2ccccc2)C(=S)N1c1ccc(OCc2ccccc2)cc1. The molecule has 4 rings (SSSR count). The molecule has 1 aliphatic rings. The smallest absolute Gasteiger partial charge is 0.259 e. The predicted octanol–water partition coefficient (Wildman–Crippen LogP) is 5.18. The zero-order chi connectivity index (χ0) is 20.4. The van der Waals surface area contributed by atoms with E-state index < -0.39 is 5.54 Å². The zero-order valence-corrected chi connectivity index (χ0v) is 17.2. The molecule has 29 heavy (non-hydrogen) atoms. The molecule has 0 bridgehead atoms. The van der Waals surface area contributed by atoms with Crippen LogP contribution in [0.15, 0.2) is 84.9 Å². The van der Waals surface area contributed by atoms with Gasteiger partial charge in [-0.15, -0.1) is 0 Å². The van der Waals surface area contributed by atoms with Crippen LogP contribution < -0.4 is 14.5 Å². The number of nitrogens with zero attached hydrogens (tertiary/aromatic N) is 2. The number of hydrogen-bond donors (Lipinski definition) is 0. The Morgan fingerprint density at radius 2 is 1.41 bits per heavy atom. The first-order valence-corrected chi connectivity index (χ1v) is 9.90. The predicted molar refractivity (Wildman–Crippen MR) is 120 cm³/mol. The number of hydrogen-bond acceptors (Lipinski definition) is 3. The molecule has 4 nitrogen and oxygen atoms in total. The Bertz CT molecular complexity index is 1020. The molecule has 0 unspecified atom stereocenters. The molecule has 0 N–H and O–H groups in total. The summed E-state index contributed by atoms with van der Waals surface area (Å²) in [6.45, 7) is 4.29. The Morgan fingerprint density at radius 1 is 0.828 bits per heavy atom. The quantitative estimate of drug-likeness (QED) is 0.551. The molecule has 0 radical (unpaired) electrons. The minimum atomic E-state index is -0.778. The molecule has 5 heteroatoms. The molecule has 3 aromatic carbocycles. The third kappa shape index (κ3) is 3.61. The maximum Gasteiger partial charge on any atom is 0.259 e. The summed E-state index contributed by atoms with van der Waals surface area (Å²) < 4.78 is 5.87. The molecule has 0 aliphatic carbocycles. The number of carbonyl (C=O) groups excluding carboxylic acids is 1. The topological polar surface area (TPSA) is 32.8 Å². The highest BCUT2D eigenvalue weighted by Crippen LogP contribution is 2.36. The molecule has 0 spiro atoms. The minimum Gasteiger partial charge on any atom is -0.489 e.